The molecule has 0 bridgehead atoms. The van der Waals surface area contributed by atoms with Crippen LogP contribution in [0.2, 0.25) is 0 Å². The fourth-order valence-electron chi connectivity index (χ4n) is 2.08. The summed E-state index contributed by atoms with van der Waals surface area (Å²) in [4.78, 5) is 22.5. The van der Waals surface area contributed by atoms with E-state index in [1.807, 2.05) is 6.07 Å². The first-order chi connectivity index (χ1) is 12.1. The van der Waals surface area contributed by atoms with Gasteiger partial charge in [-0.05, 0) is 24.6 Å². The van der Waals surface area contributed by atoms with Crippen LogP contribution in [0.25, 0.3) is 0 Å². The number of ether oxygens (including phenoxy) is 2. The number of rotatable bonds is 9. The van der Waals surface area contributed by atoms with Gasteiger partial charge >= 0.3 is 5.69 Å². The van der Waals surface area contributed by atoms with Crippen LogP contribution in [0.1, 0.15) is 19.8 Å². The van der Waals surface area contributed by atoms with Gasteiger partial charge in [-0.3, -0.25) is 14.9 Å². The lowest BCUT2D eigenvalue weighted by Gasteiger charge is -2.12. The molecule has 2 aromatic rings. The Morgan fingerprint density at radius 2 is 1.76 bits per heavy atom. The van der Waals surface area contributed by atoms with Gasteiger partial charge in [0.25, 0.3) is 5.91 Å². The molecule has 0 radical (unpaired) electrons. The van der Waals surface area contributed by atoms with Gasteiger partial charge in [0.15, 0.2) is 12.4 Å². The molecule has 132 valence electrons. The zero-order chi connectivity index (χ0) is 18.1. The van der Waals surface area contributed by atoms with Crippen molar-refractivity contribution in [2.75, 3.05) is 18.5 Å². The second kappa shape index (κ2) is 9.27. The fourth-order valence-corrected chi connectivity index (χ4v) is 2.08. The van der Waals surface area contributed by atoms with Crippen molar-refractivity contribution in [2.24, 2.45) is 0 Å². The van der Waals surface area contributed by atoms with Gasteiger partial charge in [0.1, 0.15) is 5.75 Å². The van der Waals surface area contributed by atoms with Crippen molar-refractivity contribution in [3.05, 3.63) is 58.6 Å². The second-order valence-corrected chi connectivity index (χ2v) is 5.26. The Morgan fingerprint density at radius 3 is 2.48 bits per heavy atom. The molecule has 0 atom stereocenters. The van der Waals surface area contributed by atoms with Crippen LogP contribution in [0.3, 0.4) is 0 Å². The molecule has 0 unspecified atom stereocenters. The van der Waals surface area contributed by atoms with Crippen molar-refractivity contribution in [3.8, 4) is 11.5 Å². The minimum atomic E-state index is -0.551. The van der Waals surface area contributed by atoms with Crippen molar-refractivity contribution >= 4 is 17.3 Å². The highest BCUT2D eigenvalue weighted by Gasteiger charge is 2.15. The third-order valence-corrected chi connectivity index (χ3v) is 3.34. The Hall–Kier alpha value is -3.09. The Bertz CT molecular complexity index is 733. The van der Waals surface area contributed by atoms with Gasteiger partial charge < -0.3 is 14.8 Å². The number of benzene rings is 2. The standard InChI is InChI=1S/C18H20N2O5/c1-2-3-12-24-16-10-6-4-8-14(16)19-18(21)13-25-17-11-7-5-9-15(17)20(22)23/h4-11H,2-3,12-13H2,1H3,(H,19,21). The number of nitro groups is 1. The molecule has 0 aliphatic heterocycles. The van der Waals surface area contributed by atoms with Gasteiger partial charge in [0, 0.05) is 6.07 Å². The minimum Gasteiger partial charge on any atom is -0.491 e. The Morgan fingerprint density at radius 1 is 1.08 bits per heavy atom. The number of anilines is 1. The maximum Gasteiger partial charge on any atom is 0.310 e. The molecule has 25 heavy (non-hydrogen) atoms. The monoisotopic (exact) mass is 344 g/mol. The minimum absolute atomic E-state index is 0.0510. The number of para-hydroxylation sites is 4. The maximum absolute atomic E-state index is 12.1. The van der Waals surface area contributed by atoms with Crippen molar-refractivity contribution < 1.29 is 19.2 Å². The van der Waals surface area contributed by atoms with E-state index in [-0.39, 0.29) is 18.0 Å². The van der Waals surface area contributed by atoms with E-state index in [1.165, 1.54) is 18.2 Å². The van der Waals surface area contributed by atoms with Crippen LogP contribution < -0.4 is 14.8 Å². The summed E-state index contributed by atoms with van der Waals surface area (Å²) in [6.07, 6.45) is 1.93. The first-order valence-electron chi connectivity index (χ1n) is 7.99. The molecule has 0 saturated carbocycles. The topological polar surface area (TPSA) is 90.7 Å². The molecule has 0 aromatic heterocycles. The third kappa shape index (κ3) is 5.49. The van der Waals surface area contributed by atoms with E-state index >= 15 is 0 Å². The summed E-state index contributed by atoms with van der Waals surface area (Å²) in [6.45, 7) is 2.29. The van der Waals surface area contributed by atoms with Crippen molar-refractivity contribution in [1.29, 1.82) is 0 Å². The first kappa shape index (κ1) is 18.3. The van der Waals surface area contributed by atoms with E-state index in [4.69, 9.17) is 9.47 Å². The lowest BCUT2D eigenvalue weighted by Crippen LogP contribution is -2.21. The summed E-state index contributed by atoms with van der Waals surface area (Å²) in [7, 11) is 0. The number of amides is 1. The molecule has 0 aliphatic rings. The predicted molar refractivity (Wildman–Crippen MR) is 94.1 cm³/mol. The van der Waals surface area contributed by atoms with Gasteiger partial charge in [0.05, 0.1) is 17.2 Å². The van der Waals surface area contributed by atoms with E-state index in [1.54, 1.807) is 24.3 Å². The van der Waals surface area contributed by atoms with Crippen LogP contribution in [0, 0.1) is 10.1 Å². The zero-order valence-electron chi connectivity index (χ0n) is 13.9. The van der Waals surface area contributed by atoms with E-state index in [0.29, 0.717) is 18.0 Å². The zero-order valence-corrected chi connectivity index (χ0v) is 13.9. The molecular formula is C18H20N2O5. The van der Waals surface area contributed by atoms with Gasteiger partial charge in [-0.25, -0.2) is 0 Å². The van der Waals surface area contributed by atoms with Crippen LogP contribution >= 0.6 is 0 Å². The van der Waals surface area contributed by atoms with E-state index in [0.717, 1.165) is 12.8 Å². The Balaban J connectivity index is 1.96. The average Bonchev–Trinajstić information content (AvgIpc) is 2.62. The molecule has 0 heterocycles. The maximum atomic E-state index is 12.1. The van der Waals surface area contributed by atoms with E-state index in [2.05, 4.69) is 12.2 Å². The summed E-state index contributed by atoms with van der Waals surface area (Å²) in [5.74, 6) is 0.204. The molecule has 0 fully saturated rings. The number of nitrogens with zero attached hydrogens (tertiary/aromatic N) is 1. The number of carbonyl (C=O) groups excluding carboxylic acids is 1. The molecule has 1 N–H and O–H groups in total. The summed E-state index contributed by atoms with van der Waals surface area (Å²) in [5, 5.41) is 13.6. The Labute approximate surface area is 145 Å². The number of unbranched alkanes of at least 4 members (excludes halogenated alkanes) is 1. The summed E-state index contributed by atoms with van der Waals surface area (Å²) >= 11 is 0. The molecule has 2 rings (SSSR count). The number of hydrogen-bond donors (Lipinski definition) is 1. The van der Waals surface area contributed by atoms with Crippen LogP contribution in [0.5, 0.6) is 11.5 Å². The molecule has 7 nitrogen and oxygen atoms in total. The highest BCUT2D eigenvalue weighted by atomic mass is 16.6. The average molecular weight is 344 g/mol. The normalized spacial score (nSPS) is 10.1. The summed E-state index contributed by atoms with van der Waals surface area (Å²) < 4.78 is 10.9. The number of hydrogen-bond acceptors (Lipinski definition) is 5. The number of nitrogens with one attached hydrogen (secondary N) is 1. The summed E-state index contributed by atoms with van der Waals surface area (Å²) in [5.41, 5.74) is 0.355. The van der Waals surface area contributed by atoms with Gasteiger partial charge in [0.2, 0.25) is 0 Å². The second-order valence-electron chi connectivity index (χ2n) is 5.26. The Kier molecular flexibility index (Phi) is 6.76. The van der Waals surface area contributed by atoms with Crippen LogP contribution in [-0.2, 0) is 4.79 Å². The van der Waals surface area contributed by atoms with Crippen molar-refractivity contribution in [2.45, 2.75) is 19.8 Å². The fraction of sp³-hybridized carbons (Fsp3) is 0.278. The van der Waals surface area contributed by atoms with Gasteiger partial charge in [-0.15, -0.1) is 0 Å². The number of carbonyl (C=O) groups is 1. The van der Waals surface area contributed by atoms with Crippen molar-refractivity contribution in [1.82, 2.24) is 0 Å². The largest absolute Gasteiger partial charge is 0.491 e. The van der Waals surface area contributed by atoms with E-state index in [9.17, 15) is 14.9 Å². The van der Waals surface area contributed by atoms with Crippen molar-refractivity contribution in [3.63, 3.8) is 0 Å². The third-order valence-electron chi connectivity index (χ3n) is 3.34. The first-order valence-corrected chi connectivity index (χ1v) is 7.99. The molecular weight excluding hydrogens is 324 g/mol. The van der Waals surface area contributed by atoms with E-state index < -0.39 is 10.8 Å². The molecule has 0 spiro atoms. The van der Waals surface area contributed by atoms with Gasteiger partial charge in [-0.2, -0.15) is 0 Å². The molecule has 0 aliphatic carbocycles. The predicted octanol–water partition coefficient (Wildman–Crippen LogP) is 3.79. The lowest BCUT2D eigenvalue weighted by molar-refractivity contribution is -0.385. The molecule has 0 saturated heterocycles. The number of nitro benzene ring substituents is 1. The smallest absolute Gasteiger partial charge is 0.310 e. The quantitative estimate of drug-likeness (QED) is 0.424. The highest BCUT2D eigenvalue weighted by molar-refractivity contribution is 5.93. The van der Waals surface area contributed by atoms with Crippen LogP contribution in [-0.4, -0.2) is 24.0 Å². The molecule has 7 heteroatoms. The highest BCUT2D eigenvalue weighted by Crippen LogP contribution is 2.26. The van der Waals surface area contributed by atoms with Gasteiger partial charge in [-0.1, -0.05) is 37.6 Å². The summed E-state index contributed by atoms with van der Waals surface area (Å²) in [6, 6.07) is 13.0. The van der Waals surface area contributed by atoms with Crippen LogP contribution in [0.4, 0.5) is 11.4 Å². The van der Waals surface area contributed by atoms with Crippen LogP contribution in [0.15, 0.2) is 48.5 Å². The molecule has 2 aromatic carbocycles. The molecule has 1 amide bonds. The lowest BCUT2D eigenvalue weighted by atomic mass is 10.3. The SMILES string of the molecule is CCCCOc1ccccc1NC(=O)COc1ccccc1[N+](=O)[O-].